The molecule has 0 rings (SSSR count). The number of allylic oxidation sites excluding steroid dienone is 42. The molecule has 3 N–H and O–H groups in total. The fourth-order valence-corrected chi connectivity index (χ4v) is 11.7. The third kappa shape index (κ3) is 84.5. The van der Waals surface area contributed by atoms with E-state index in [2.05, 4.69) is 265 Å². The molecule has 648 valence electrons. The van der Waals surface area contributed by atoms with Crippen molar-refractivity contribution in [3.8, 4) is 0 Å². The number of unbranched alkanes of at least 4 members (excludes halogenated alkanes) is 9. The van der Waals surface area contributed by atoms with E-state index in [0.29, 0.717) is 32.1 Å². The van der Waals surface area contributed by atoms with E-state index in [-0.39, 0.29) is 25.7 Å². The second-order valence-corrected chi connectivity index (χ2v) is 30.1. The van der Waals surface area contributed by atoms with Crippen LogP contribution >= 0.6 is 15.6 Å². The molecule has 0 saturated heterocycles. The van der Waals surface area contributed by atoms with Crippen molar-refractivity contribution in [3.63, 3.8) is 0 Å². The smallest absolute Gasteiger partial charge is 0.462 e. The number of hydrogen-bond donors (Lipinski definition) is 3. The van der Waals surface area contributed by atoms with Crippen molar-refractivity contribution in [1.29, 1.82) is 0 Å². The molecule has 0 spiro atoms. The molecule has 0 radical (unpaired) electrons. The molecule has 0 aromatic heterocycles. The third-order valence-corrected chi connectivity index (χ3v) is 18.4. The zero-order valence-corrected chi connectivity index (χ0v) is 72.8. The van der Waals surface area contributed by atoms with Crippen LogP contribution in [0.1, 0.15) is 272 Å². The molecular formula is C97H148O17P2. The summed E-state index contributed by atoms with van der Waals surface area (Å²) in [6.45, 7) is 4.18. The lowest BCUT2D eigenvalue weighted by molar-refractivity contribution is -0.161. The topological polar surface area (TPSA) is 237 Å². The Labute approximate surface area is 700 Å². The summed E-state index contributed by atoms with van der Waals surface area (Å²) in [4.78, 5) is 73.3. The summed E-state index contributed by atoms with van der Waals surface area (Å²) in [5, 5.41) is 10.7. The summed E-state index contributed by atoms with van der Waals surface area (Å²) in [7, 11) is -10.1. The summed E-state index contributed by atoms with van der Waals surface area (Å²) in [5.74, 6) is -2.42. The van der Waals surface area contributed by atoms with Crippen LogP contribution in [0.2, 0.25) is 0 Å². The Morgan fingerprint density at radius 3 is 0.681 bits per heavy atom. The van der Waals surface area contributed by atoms with Crippen LogP contribution < -0.4 is 0 Å². The lowest BCUT2D eigenvalue weighted by Crippen LogP contribution is -2.30. The van der Waals surface area contributed by atoms with Gasteiger partial charge in [-0.05, 0) is 199 Å². The number of aliphatic hydroxyl groups excluding tert-OH is 1. The average molecular weight is 1650 g/mol. The molecule has 0 aromatic rings. The largest absolute Gasteiger partial charge is 0.472 e. The predicted octanol–water partition coefficient (Wildman–Crippen LogP) is 26.1. The van der Waals surface area contributed by atoms with Gasteiger partial charge in [0.25, 0.3) is 0 Å². The monoisotopic (exact) mass is 1650 g/mol. The first kappa shape index (κ1) is 109. The van der Waals surface area contributed by atoms with Crippen molar-refractivity contribution < 1.29 is 80.2 Å². The number of esters is 4. The molecule has 5 atom stereocenters. The third-order valence-electron chi connectivity index (χ3n) is 16.5. The van der Waals surface area contributed by atoms with Crippen LogP contribution in [0.5, 0.6) is 0 Å². The lowest BCUT2D eigenvalue weighted by atomic mass is 10.1. The predicted molar refractivity (Wildman–Crippen MR) is 481 cm³/mol. The maximum absolute atomic E-state index is 13.2. The van der Waals surface area contributed by atoms with Crippen LogP contribution in [-0.2, 0) is 65.4 Å². The highest BCUT2D eigenvalue weighted by atomic mass is 31.2. The van der Waals surface area contributed by atoms with Crippen molar-refractivity contribution >= 4 is 39.5 Å². The van der Waals surface area contributed by atoms with E-state index >= 15 is 0 Å². The van der Waals surface area contributed by atoms with Gasteiger partial charge in [0.15, 0.2) is 12.2 Å². The van der Waals surface area contributed by atoms with Crippen LogP contribution in [-0.4, -0.2) is 96.7 Å². The van der Waals surface area contributed by atoms with Gasteiger partial charge in [-0.3, -0.25) is 37.3 Å². The van der Waals surface area contributed by atoms with Gasteiger partial charge in [0, 0.05) is 25.7 Å². The summed E-state index contributed by atoms with van der Waals surface area (Å²) in [6, 6.07) is 0. The molecule has 0 heterocycles. The quantitative estimate of drug-likeness (QED) is 0.0169. The highest BCUT2D eigenvalue weighted by Crippen LogP contribution is 2.45. The van der Waals surface area contributed by atoms with E-state index in [1.165, 1.54) is 0 Å². The summed E-state index contributed by atoms with van der Waals surface area (Å²) < 4.78 is 68.7. The number of phosphoric acid groups is 2. The fourth-order valence-electron chi connectivity index (χ4n) is 10.1. The molecule has 0 aliphatic carbocycles. The number of phosphoric ester groups is 2. The number of aliphatic hydroxyl groups is 1. The first-order valence-electron chi connectivity index (χ1n) is 42.9. The Hall–Kier alpha value is -7.40. The highest BCUT2D eigenvalue weighted by Gasteiger charge is 2.30. The van der Waals surface area contributed by atoms with Crippen molar-refractivity contribution in [1.82, 2.24) is 0 Å². The molecule has 0 bridgehead atoms. The Morgan fingerprint density at radius 1 is 0.241 bits per heavy atom. The SMILES string of the molecule is CC/C=C\C/C=C\C/C=C\C/C=C\C/C=C\C/C=C\CCC(=O)OC[C@H](COP(=O)(O)OC[C@@H](O)COP(=O)(O)OC[C@@H](COC(=O)CCCCC/C=C\C/C=C\C/C=C\C/C=C\C/C=C\CC)OC(=O)CCCCC/C=C\C/C=C\C/C=C\C/C=C\C/C=C\CC)OC(=O)CCCCC/C=C\C/C=C\C/C=C\C/C=C\C/C=C\CC. The Balaban J connectivity index is 5.61. The normalized spacial score (nSPS) is 15.0. The molecule has 0 fully saturated rings. The standard InChI is InChI=1S/C97H148O17P2/c1-5-9-13-17-21-25-29-33-37-41-45-49-53-57-61-65-69-73-77-81-94(99)107-87-92(113-96(101)83-79-75-71-67-63-59-55-51-47-43-39-35-31-27-23-19-15-11-7-3)89-111-115(103,104)109-85-91(98)86-110-116(105,106)112-90-93(114-97(102)84-80-76-72-68-64-60-56-52-48-44-40-36-32-28-24-20-16-12-8-4)88-108-95(100)82-78-74-70-66-62-58-54-50-46-42-38-34-30-26-22-18-14-10-6-2/h9-16,21-28,33-40,45-52,57-64,69,73,91-93,98H,5-8,17-20,29-32,41-44,53-56,65-68,70-72,74-90H2,1-4H3,(H,103,104)(H,105,106)/b13-9-,14-10-,15-11-,16-12-,25-21-,26-22-,27-23-,28-24-,37-33-,38-34-,39-35-,40-36-,49-45-,50-46-,51-47-,52-48-,61-57-,62-58-,63-59-,64-60-,73-69-/t91-,92-,93-/m1/s1. The van der Waals surface area contributed by atoms with Gasteiger partial charge in [-0.2, -0.15) is 0 Å². The zero-order chi connectivity index (χ0) is 84.5. The maximum Gasteiger partial charge on any atom is 0.472 e. The molecule has 19 heteroatoms. The maximum atomic E-state index is 13.2. The molecule has 0 aliphatic rings. The molecule has 0 amide bonds. The minimum Gasteiger partial charge on any atom is -0.462 e. The molecule has 0 aromatic carbocycles. The Bertz CT molecular complexity index is 3210. The van der Waals surface area contributed by atoms with E-state index < -0.39 is 97.5 Å². The summed E-state index contributed by atoms with van der Waals surface area (Å²) in [5.41, 5.74) is 0. The minimum absolute atomic E-state index is 0.0153. The fraction of sp³-hybridized carbons (Fsp3) is 0.526. The van der Waals surface area contributed by atoms with Crippen LogP contribution in [0.15, 0.2) is 255 Å². The van der Waals surface area contributed by atoms with Crippen LogP contribution in [0.3, 0.4) is 0 Å². The molecule has 17 nitrogen and oxygen atoms in total. The second kappa shape index (κ2) is 85.5. The summed E-state index contributed by atoms with van der Waals surface area (Å²) >= 11 is 0. The Kier molecular flexibility index (Phi) is 80.0. The van der Waals surface area contributed by atoms with Gasteiger partial charge >= 0.3 is 39.5 Å². The molecule has 0 saturated carbocycles. The van der Waals surface area contributed by atoms with Gasteiger partial charge in [0.05, 0.1) is 26.4 Å². The molecule has 2 unspecified atom stereocenters. The van der Waals surface area contributed by atoms with Gasteiger partial charge < -0.3 is 33.8 Å². The van der Waals surface area contributed by atoms with E-state index in [1.807, 2.05) is 18.2 Å². The van der Waals surface area contributed by atoms with Crippen molar-refractivity contribution in [2.75, 3.05) is 39.6 Å². The van der Waals surface area contributed by atoms with Crippen LogP contribution in [0.4, 0.5) is 0 Å². The molecule has 116 heavy (non-hydrogen) atoms. The van der Waals surface area contributed by atoms with Crippen molar-refractivity contribution in [3.05, 3.63) is 255 Å². The number of hydrogen-bond acceptors (Lipinski definition) is 15. The van der Waals surface area contributed by atoms with Gasteiger partial charge in [-0.1, -0.05) is 302 Å². The van der Waals surface area contributed by atoms with Crippen molar-refractivity contribution in [2.24, 2.45) is 0 Å². The van der Waals surface area contributed by atoms with Gasteiger partial charge in [-0.25, -0.2) is 9.13 Å². The number of ether oxygens (including phenoxy) is 4. The number of carbonyl (C=O) groups excluding carboxylic acids is 4. The van der Waals surface area contributed by atoms with Crippen LogP contribution in [0.25, 0.3) is 0 Å². The second-order valence-electron chi connectivity index (χ2n) is 27.2. The van der Waals surface area contributed by atoms with Gasteiger partial charge in [0.2, 0.25) is 0 Å². The first-order valence-corrected chi connectivity index (χ1v) is 45.9. The van der Waals surface area contributed by atoms with Gasteiger partial charge in [-0.15, -0.1) is 0 Å². The van der Waals surface area contributed by atoms with Crippen LogP contribution in [0, 0.1) is 0 Å². The Morgan fingerprint density at radius 2 is 0.440 bits per heavy atom. The lowest BCUT2D eigenvalue weighted by Gasteiger charge is -2.21. The highest BCUT2D eigenvalue weighted by molar-refractivity contribution is 7.47. The average Bonchev–Trinajstić information content (AvgIpc) is 0.898. The van der Waals surface area contributed by atoms with E-state index in [1.54, 1.807) is 0 Å². The molecular weight excluding hydrogens is 1500 g/mol. The zero-order valence-electron chi connectivity index (χ0n) is 71.0. The number of carbonyl (C=O) groups is 4. The molecule has 0 aliphatic heterocycles. The first-order chi connectivity index (χ1) is 56.7. The van der Waals surface area contributed by atoms with E-state index in [9.17, 15) is 43.2 Å². The minimum atomic E-state index is -5.03. The van der Waals surface area contributed by atoms with Crippen molar-refractivity contribution in [2.45, 2.75) is 290 Å². The number of rotatable bonds is 77. The van der Waals surface area contributed by atoms with E-state index in [4.69, 9.17) is 37.0 Å². The van der Waals surface area contributed by atoms with Gasteiger partial charge in [0.1, 0.15) is 19.3 Å². The summed E-state index contributed by atoms with van der Waals surface area (Å²) in [6.07, 6.45) is 114. The van der Waals surface area contributed by atoms with E-state index in [0.717, 1.165) is 186 Å².